The molecular weight excluding hydrogens is 362 g/mol. The Morgan fingerprint density at radius 2 is 1.93 bits per heavy atom. The maximum Gasteiger partial charge on any atom is 0.339 e. The lowest BCUT2D eigenvalue weighted by atomic mass is 10.1. The van der Waals surface area contributed by atoms with Crippen LogP contribution in [0.2, 0.25) is 0 Å². The number of ether oxygens (including phenoxy) is 1. The number of carbonyl (C=O) groups is 3. The fourth-order valence-corrected chi connectivity index (χ4v) is 2.64. The van der Waals surface area contributed by atoms with Crippen molar-refractivity contribution in [1.82, 2.24) is 25.4 Å². The van der Waals surface area contributed by atoms with E-state index >= 15 is 0 Å². The topological polar surface area (TPSA) is 115 Å². The van der Waals surface area contributed by atoms with Crippen molar-refractivity contribution in [2.24, 2.45) is 0 Å². The molecule has 2 heterocycles. The van der Waals surface area contributed by atoms with E-state index in [2.05, 4.69) is 15.4 Å². The van der Waals surface area contributed by atoms with Crippen molar-refractivity contribution in [2.75, 3.05) is 13.7 Å². The number of hydrogen-bond acceptors (Lipinski definition) is 6. The summed E-state index contributed by atoms with van der Waals surface area (Å²) < 4.78 is 6.76. The van der Waals surface area contributed by atoms with Crippen LogP contribution in [0.5, 0.6) is 0 Å². The van der Waals surface area contributed by atoms with E-state index in [1.807, 2.05) is 42.6 Å². The van der Waals surface area contributed by atoms with Crippen LogP contribution in [0.15, 0.2) is 42.6 Å². The minimum Gasteiger partial charge on any atom is -0.452 e. The number of amides is 3. The van der Waals surface area contributed by atoms with E-state index in [0.717, 1.165) is 5.56 Å². The zero-order chi connectivity index (χ0) is 20.1. The number of nitrogens with zero attached hydrogens (tertiary/aromatic N) is 3. The molecule has 0 saturated carbocycles. The van der Waals surface area contributed by atoms with Gasteiger partial charge in [-0.25, -0.2) is 19.3 Å². The predicted octanol–water partition coefficient (Wildman–Crippen LogP) is 1.73. The summed E-state index contributed by atoms with van der Waals surface area (Å²) in [7, 11) is 1.37. The van der Waals surface area contributed by atoms with Crippen LogP contribution in [0, 0.1) is 0 Å². The molecule has 0 bridgehead atoms. The van der Waals surface area contributed by atoms with Crippen LogP contribution in [-0.2, 0) is 16.1 Å². The smallest absolute Gasteiger partial charge is 0.339 e. The van der Waals surface area contributed by atoms with Crippen LogP contribution < -0.4 is 10.6 Å². The largest absolute Gasteiger partial charge is 0.452 e. The Labute approximate surface area is 160 Å². The standard InChI is InChI=1S/C19H19N5O4/c1-3-24-17-14(10-21-24)13(9-15(22-17)12-7-5-4-6-8-12)18(26)28-11-16(25)23-19(27)20-2/h4-10H,3,11H2,1-2H3,(H2,20,23,25,27). The molecule has 3 amide bonds. The number of esters is 1. The van der Waals surface area contributed by atoms with Gasteiger partial charge in [0.1, 0.15) is 0 Å². The zero-order valence-electron chi connectivity index (χ0n) is 15.4. The van der Waals surface area contributed by atoms with Gasteiger partial charge in [0.15, 0.2) is 12.3 Å². The van der Waals surface area contributed by atoms with E-state index in [1.54, 1.807) is 16.9 Å². The second-order valence-electron chi connectivity index (χ2n) is 5.82. The number of urea groups is 1. The molecule has 0 aliphatic carbocycles. The molecule has 9 heteroatoms. The molecule has 3 aromatic rings. The average Bonchev–Trinajstić information content (AvgIpc) is 3.14. The van der Waals surface area contributed by atoms with Crippen LogP contribution in [0.4, 0.5) is 4.79 Å². The summed E-state index contributed by atoms with van der Waals surface area (Å²) in [4.78, 5) is 40.1. The van der Waals surface area contributed by atoms with Gasteiger partial charge >= 0.3 is 12.0 Å². The number of benzene rings is 1. The van der Waals surface area contributed by atoms with E-state index in [4.69, 9.17) is 4.74 Å². The zero-order valence-corrected chi connectivity index (χ0v) is 15.4. The van der Waals surface area contributed by atoms with E-state index < -0.39 is 24.5 Å². The van der Waals surface area contributed by atoms with Gasteiger partial charge in [0.05, 0.1) is 22.8 Å². The monoisotopic (exact) mass is 381 g/mol. The molecule has 9 nitrogen and oxygen atoms in total. The second kappa shape index (κ2) is 8.30. The number of aromatic nitrogens is 3. The van der Waals surface area contributed by atoms with E-state index in [-0.39, 0.29) is 5.56 Å². The molecule has 0 aliphatic heterocycles. The molecule has 3 rings (SSSR count). The number of rotatable bonds is 5. The number of carbonyl (C=O) groups excluding carboxylic acids is 3. The summed E-state index contributed by atoms with van der Waals surface area (Å²) in [6, 6.07) is 10.3. The first-order valence-corrected chi connectivity index (χ1v) is 8.64. The summed E-state index contributed by atoms with van der Waals surface area (Å²) in [5, 5.41) is 9.05. The summed E-state index contributed by atoms with van der Waals surface area (Å²) >= 11 is 0. The van der Waals surface area contributed by atoms with Crippen molar-refractivity contribution in [2.45, 2.75) is 13.5 Å². The Kier molecular flexibility index (Phi) is 5.64. The van der Waals surface area contributed by atoms with Gasteiger partial charge in [-0.05, 0) is 13.0 Å². The Balaban J connectivity index is 1.93. The highest BCUT2D eigenvalue weighted by atomic mass is 16.5. The number of imide groups is 1. The molecule has 0 spiro atoms. The highest BCUT2D eigenvalue weighted by Crippen LogP contribution is 2.25. The lowest BCUT2D eigenvalue weighted by Gasteiger charge is -2.09. The number of pyridine rings is 1. The van der Waals surface area contributed by atoms with Crippen LogP contribution in [0.25, 0.3) is 22.3 Å². The lowest BCUT2D eigenvalue weighted by Crippen LogP contribution is -2.39. The third-order valence-corrected chi connectivity index (χ3v) is 4.01. The van der Waals surface area contributed by atoms with E-state index in [1.165, 1.54) is 7.05 Å². The third kappa shape index (κ3) is 3.98. The van der Waals surface area contributed by atoms with Crippen LogP contribution in [0.3, 0.4) is 0 Å². The molecule has 0 radical (unpaired) electrons. The molecular formula is C19H19N5O4. The Morgan fingerprint density at radius 3 is 2.61 bits per heavy atom. The van der Waals surface area contributed by atoms with E-state index in [0.29, 0.717) is 23.3 Å². The molecule has 2 aromatic heterocycles. The van der Waals surface area contributed by atoms with Crippen molar-refractivity contribution in [3.05, 3.63) is 48.2 Å². The van der Waals surface area contributed by atoms with Crippen LogP contribution in [0.1, 0.15) is 17.3 Å². The Bertz CT molecular complexity index is 1030. The fraction of sp³-hybridized carbons (Fsp3) is 0.211. The molecule has 0 saturated heterocycles. The average molecular weight is 381 g/mol. The molecule has 0 atom stereocenters. The molecule has 0 unspecified atom stereocenters. The van der Waals surface area contributed by atoms with Gasteiger partial charge in [-0.2, -0.15) is 5.10 Å². The van der Waals surface area contributed by atoms with Crippen molar-refractivity contribution in [3.63, 3.8) is 0 Å². The lowest BCUT2D eigenvalue weighted by molar-refractivity contribution is -0.123. The summed E-state index contributed by atoms with van der Waals surface area (Å²) in [6.45, 7) is 1.92. The molecule has 144 valence electrons. The van der Waals surface area contributed by atoms with Gasteiger partial charge in [0.25, 0.3) is 5.91 Å². The van der Waals surface area contributed by atoms with Gasteiger partial charge < -0.3 is 10.1 Å². The number of hydrogen-bond donors (Lipinski definition) is 2. The van der Waals surface area contributed by atoms with Crippen molar-refractivity contribution < 1.29 is 19.1 Å². The highest BCUT2D eigenvalue weighted by Gasteiger charge is 2.19. The predicted molar refractivity (Wildman–Crippen MR) is 102 cm³/mol. The molecule has 1 aromatic carbocycles. The SMILES string of the molecule is CCn1ncc2c(C(=O)OCC(=O)NC(=O)NC)cc(-c3ccccc3)nc21. The first-order chi connectivity index (χ1) is 13.5. The molecule has 28 heavy (non-hydrogen) atoms. The minimum absolute atomic E-state index is 0.247. The summed E-state index contributed by atoms with van der Waals surface area (Å²) in [5.41, 5.74) is 2.21. The first kappa shape index (κ1) is 19.0. The van der Waals surface area contributed by atoms with Gasteiger partial charge in [0.2, 0.25) is 0 Å². The molecule has 0 aliphatic rings. The summed E-state index contributed by atoms with van der Waals surface area (Å²) in [5.74, 6) is -1.43. The highest BCUT2D eigenvalue weighted by molar-refractivity contribution is 6.04. The Hall–Kier alpha value is -3.75. The maximum absolute atomic E-state index is 12.6. The number of aryl methyl sites for hydroxylation is 1. The van der Waals surface area contributed by atoms with Gasteiger partial charge in [-0.3, -0.25) is 10.1 Å². The Morgan fingerprint density at radius 1 is 1.18 bits per heavy atom. The molecule has 2 N–H and O–H groups in total. The third-order valence-electron chi connectivity index (χ3n) is 4.01. The van der Waals surface area contributed by atoms with Gasteiger partial charge in [-0.1, -0.05) is 30.3 Å². The van der Waals surface area contributed by atoms with Crippen molar-refractivity contribution in [1.29, 1.82) is 0 Å². The normalized spacial score (nSPS) is 10.5. The summed E-state index contributed by atoms with van der Waals surface area (Å²) in [6.07, 6.45) is 1.54. The number of nitrogens with one attached hydrogen (secondary N) is 2. The minimum atomic E-state index is -0.731. The van der Waals surface area contributed by atoms with Crippen LogP contribution >= 0.6 is 0 Å². The van der Waals surface area contributed by atoms with Crippen molar-refractivity contribution >= 4 is 28.9 Å². The van der Waals surface area contributed by atoms with Crippen molar-refractivity contribution in [3.8, 4) is 11.3 Å². The van der Waals surface area contributed by atoms with E-state index in [9.17, 15) is 14.4 Å². The quantitative estimate of drug-likeness (QED) is 0.651. The first-order valence-electron chi connectivity index (χ1n) is 8.64. The van der Waals surface area contributed by atoms with Gasteiger partial charge in [0, 0.05) is 19.2 Å². The van der Waals surface area contributed by atoms with Crippen LogP contribution in [-0.4, -0.2) is 46.3 Å². The second-order valence-corrected chi connectivity index (χ2v) is 5.82. The number of fused-ring (bicyclic) bond motifs is 1. The fourth-order valence-electron chi connectivity index (χ4n) is 2.64. The molecule has 0 fully saturated rings. The maximum atomic E-state index is 12.6. The van der Waals surface area contributed by atoms with Gasteiger partial charge in [-0.15, -0.1) is 0 Å².